The van der Waals surface area contributed by atoms with E-state index in [0.717, 1.165) is 12.5 Å². The predicted octanol–water partition coefficient (Wildman–Crippen LogP) is 1.71. The van der Waals surface area contributed by atoms with Crippen molar-refractivity contribution in [2.24, 2.45) is 0 Å². The van der Waals surface area contributed by atoms with Crippen molar-refractivity contribution >= 4 is 0 Å². The number of nitrogens with zero attached hydrogens (tertiary/aromatic N) is 2. The monoisotopic (exact) mass is 189 g/mol. The highest BCUT2D eigenvalue weighted by atomic mass is 16.5. The minimum Gasteiger partial charge on any atom is -0.364 e. The Labute approximate surface area is 83.1 Å². The minimum absolute atomic E-state index is 0.652. The number of aromatic nitrogens is 1. The van der Waals surface area contributed by atoms with Gasteiger partial charge in [0.1, 0.15) is 6.26 Å². The lowest BCUT2D eigenvalue weighted by atomic mass is 9.99. The van der Waals surface area contributed by atoms with Crippen molar-refractivity contribution in [1.29, 1.82) is 0 Å². The van der Waals surface area contributed by atoms with E-state index >= 15 is 0 Å². The fraction of sp³-hybridized carbons (Fsp3) is 0.636. The largest absolute Gasteiger partial charge is 0.364 e. The van der Waals surface area contributed by atoms with Gasteiger partial charge in [0.05, 0.1) is 5.69 Å². The first kappa shape index (κ1) is 7.46. The van der Waals surface area contributed by atoms with Crippen LogP contribution in [0.2, 0.25) is 0 Å². The molecule has 0 aromatic carbocycles. The van der Waals surface area contributed by atoms with Crippen LogP contribution in [0.5, 0.6) is 0 Å². The molecule has 0 saturated carbocycles. The molecule has 2 atom stereocenters. The molecule has 1 aromatic heterocycles. The van der Waals surface area contributed by atoms with Crippen LogP contribution in [0.25, 0.3) is 0 Å². The molecule has 4 rings (SSSR count). The van der Waals surface area contributed by atoms with Crippen LogP contribution < -0.4 is 0 Å². The summed E-state index contributed by atoms with van der Waals surface area (Å²) in [6.07, 6.45) is 6.92. The summed E-state index contributed by atoms with van der Waals surface area (Å²) in [5, 5.41) is 4.15. The first-order valence-corrected chi connectivity index (χ1v) is 5.48. The van der Waals surface area contributed by atoms with Crippen molar-refractivity contribution in [2.45, 2.75) is 37.6 Å². The van der Waals surface area contributed by atoms with E-state index in [1.807, 2.05) is 6.26 Å². The summed E-state index contributed by atoms with van der Waals surface area (Å²) in [5.41, 5.74) is 2.60. The SMILES string of the molecule is c1onc2c1CC1C2C[C]2CCCN21. The van der Waals surface area contributed by atoms with Gasteiger partial charge in [0.25, 0.3) is 0 Å². The van der Waals surface area contributed by atoms with E-state index < -0.39 is 0 Å². The summed E-state index contributed by atoms with van der Waals surface area (Å²) in [7, 11) is 0. The molecule has 0 amide bonds. The first-order valence-electron chi connectivity index (χ1n) is 5.48. The molecule has 3 nitrogen and oxygen atoms in total. The summed E-state index contributed by atoms with van der Waals surface area (Å²) in [6.45, 7) is 1.28. The van der Waals surface area contributed by atoms with E-state index in [1.54, 1.807) is 6.04 Å². The number of fused-ring (bicyclic) bond motifs is 5. The van der Waals surface area contributed by atoms with Crippen LogP contribution >= 0.6 is 0 Å². The molecular weight excluding hydrogens is 176 g/mol. The standard InChI is InChI=1S/C11H13N2O/c1-2-8-5-9-10(13(8)3-1)4-7-6-14-12-11(7)9/h6,9-10H,1-5H2. The summed E-state index contributed by atoms with van der Waals surface area (Å²) >= 11 is 0. The Hall–Kier alpha value is -0.830. The molecule has 2 fully saturated rings. The molecular formula is C11H13N2O. The van der Waals surface area contributed by atoms with Gasteiger partial charge in [-0.3, -0.25) is 4.90 Å². The van der Waals surface area contributed by atoms with Crippen LogP contribution in [0.15, 0.2) is 10.8 Å². The van der Waals surface area contributed by atoms with Gasteiger partial charge < -0.3 is 4.52 Å². The van der Waals surface area contributed by atoms with Gasteiger partial charge in [-0.15, -0.1) is 0 Å². The molecule has 1 radical (unpaired) electrons. The van der Waals surface area contributed by atoms with Crippen molar-refractivity contribution in [3.05, 3.63) is 23.6 Å². The molecule has 3 heterocycles. The average molecular weight is 189 g/mol. The zero-order chi connectivity index (χ0) is 9.12. The topological polar surface area (TPSA) is 29.3 Å². The smallest absolute Gasteiger partial charge is 0.127 e. The van der Waals surface area contributed by atoms with Gasteiger partial charge in [0.15, 0.2) is 0 Å². The quantitative estimate of drug-likeness (QED) is 0.622. The van der Waals surface area contributed by atoms with Crippen LogP contribution in [0.4, 0.5) is 0 Å². The fourth-order valence-electron chi connectivity index (χ4n) is 3.46. The van der Waals surface area contributed by atoms with E-state index in [2.05, 4.69) is 10.1 Å². The van der Waals surface area contributed by atoms with Gasteiger partial charge in [-0.25, -0.2) is 0 Å². The third kappa shape index (κ3) is 0.753. The van der Waals surface area contributed by atoms with Crippen molar-refractivity contribution < 1.29 is 4.52 Å². The van der Waals surface area contributed by atoms with Gasteiger partial charge >= 0.3 is 0 Å². The van der Waals surface area contributed by atoms with Crippen molar-refractivity contribution in [2.75, 3.05) is 6.54 Å². The van der Waals surface area contributed by atoms with Crippen LogP contribution in [0, 0.1) is 6.04 Å². The molecule has 2 unspecified atom stereocenters. The maximum absolute atomic E-state index is 5.04. The fourth-order valence-corrected chi connectivity index (χ4v) is 3.46. The van der Waals surface area contributed by atoms with Gasteiger partial charge in [0, 0.05) is 23.6 Å². The summed E-state index contributed by atoms with van der Waals surface area (Å²) in [6, 6.07) is 2.40. The maximum atomic E-state index is 5.04. The van der Waals surface area contributed by atoms with E-state index in [-0.39, 0.29) is 0 Å². The van der Waals surface area contributed by atoms with Crippen LogP contribution in [-0.4, -0.2) is 22.6 Å². The normalized spacial score (nSPS) is 36.0. The predicted molar refractivity (Wildman–Crippen MR) is 50.5 cm³/mol. The molecule has 1 aliphatic carbocycles. The molecule has 0 bridgehead atoms. The number of hydrogen-bond acceptors (Lipinski definition) is 3. The molecule has 1 aromatic rings. The van der Waals surface area contributed by atoms with E-state index in [4.69, 9.17) is 4.52 Å². The number of rotatable bonds is 0. The third-order valence-electron chi connectivity index (χ3n) is 4.05. The van der Waals surface area contributed by atoms with Gasteiger partial charge in [-0.05, 0) is 32.2 Å². The minimum atomic E-state index is 0.652. The van der Waals surface area contributed by atoms with Gasteiger partial charge in [-0.2, -0.15) is 0 Å². The Morgan fingerprint density at radius 1 is 1.43 bits per heavy atom. The maximum Gasteiger partial charge on any atom is 0.127 e. The highest BCUT2D eigenvalue weighted by Crippen LogP contribution is 2.51. The Bertz CT molecular complexity index is 373. The number of hydrogen-bond donors (Lipinski definition) is 0. The zero-order valence-electron chi connectivity index (χ0n) is 8.07. The summed E-state index contributed by atoms with van der Waals surface area (Å²) in [5.74, 6) is 0.652. The van der Waals surface area contributed by atoms with Crippen LogP contribution in [-0.2, 0) is 6.42 Å². The molecule has 2 aliphatic heterocycles. The Kier molecular flexibility index (Phi) is 1.28. The molecule has 14 heavy (non-hydrogen) atoms. The van der Waals surface area contributed by atoms with E-state index in [9.17, 15) is 0 Å². The molecule has 73 valence electrons. The molecule has 3 aliphatic rings. The van der Waals surface area contributed by atoms with Crippen molar-refractivity contribution in [3.8, 4) is 0 Å². The van der Waals surface area contributed by atoms with E-state index in [1.165, 1.54) is 37.1 Å². The van der Waals surface area contributed by atoms with Crippen molar-refractivity contribution in [3.63, 3.8) is 0 Å². The summed E-state index contributed by atoms with van der Waals surface area (Å²) < 4.78 is 5.04. The second-order valence-electron chi connectivity index (χ2n) is 4.67. The van der Waals surface area contributed by atoms with Crippen LogP contribution in [0.3, 0.4) is 0 Å². The zero-order valence-corrected chi connectivity index (χ0v) is 8.07. The lowest BCUT2D eigenvalue weighted by Gasteiger charge is -2.21. The Morgan fingerprint density at radius 2 is 2.43 bits per heavy atom. The molecule has 0 spiro atoms. The highest BCUT2D eigenvalue weighted by molar-refractivity contribution is 5.34. The molecule has 3 heteroatoms. The Morgan fingerprint density at radius 3 is 3.43 bits per heavy atom. The Balaban J connectivity index is 1.75. The molecule has 2 saturated heterocycles. The lowest BCUT2D eigenvalue weighted by Crippen LogP contribution is -2.29. The van der Waals surface area contributed by atoms with E-state index in [0.29, 0.717) is 5.92 Å². The lowest BCUT2D eigenvalue weighted by molar-refractivity contribution is 0.285. The first-order chi connectivity index (χ1) is 6.93. The average Bonchev–Trinajstić information content (AvgIpc) is 2.80. The van der Waals surface area contributed by atoms with Gasteiger partial charge in [-0.1, -0.05) is 5.16 Å². The highest BCUT2D eigenvalue weighted by Gasteiger charge is 2.49. The van der Waals surface area contributed by atoms with Crippen molar-refractivity contribution in [1.82, 2.24) is 10.1 Å². The van der Waals surface area contributed by atoms with Crippen LogP contribution in [0.1, 0.15) is 36.4 Å². The second-order valence-corrected chi connectivity index (χ2v) is 4.67. The summed E-state index contributed by atoms with van der Waals surface area (Å²) in [4.78, 5) is 2.63. The third-order valence-corrected chi connectivity index (χ3v) is 4.05. The molecule has 0 N–H and O–H groups in total. The van der Waals surface area contributed by atoms with Gasteiger partial charge in [0.2, 0.25) is 0 Å². The second kappa shape index (κ2) is 2.40.